The number of para-hydroxylation sites is 1. The van der Waals surface area contributed by atoms with E-state index in [1.54, 1.807) is 25.3 Å². The summed E-state index contributed by atoms with van der Waals surface area (Å²) in [5, 5.41) is 9.84. The number of methoxy groups -OCH3 is 1. The third kappa shape index (κ3) is 3.00. The zero-order chi connectivity index (χ0) is 13.8. The highest BCUT2D eigenvalue weighted by atomic mass is 16.5. The molecular weight excluding hydrogens is 246 g/mol. The number of carbonyl (C=O) groups is 1. The van der Waals surface area contributed by atoms with Crippen LogP contribution in [0, 0.1) is 0 Å². The van der Waals surface area contributed by atoms with Crippen LogP contribution in [-0.4, -0.2) is 35.9 Å². The van der Waals surface area contributed by atoms with Gasteiger partial charge < -0.3 is 14.6 Å². The predicted octanol–water partition coefficient (Wildman–Crippen LogP) is 2.35. The Hall–Kier alpha value is -2.14. The molecule has 1 heterocycles. The van der Waals surface area contributed by atoms with E-state index in [9.17, 15) is 9.90 Å². The molecule has 1 aromatic carbocycles. The van der Waals surface area contributed by atoms with Crippen molar-refractivity contribution < 1.29 is 19.4 Å². The molecule has 0 radical (unpaired) electrons. The van der Waals surface area contributed by atoms with Gasteiger partial charge in [-0.3, -0.25) is 0 Å². The zero-order valence-corrected chi connectivity index (χ0v) is 10.8. The summed E-state index contributed by atoms with van der Waals surface area (Å²) >= 11 is 0. The summed E-state index contributed by atoms with van der Waals surface area (Å²) in [5.41, 5.74) is 0.784. The molecule has 0 saturated carbocycles. The first-order valence-corrected chi connectivity index (χ1v) is 5.90. The molecule has 0 saturated heterocycles. The lowest BCUT2D eigenvalue weighted by atomic mass is 10.1. The van der Waals surface area contributed by atoms with Crippen LogP contribution in [0.1, 0.15) is 17.3 Å². The van der Waals surface area contributed by atoms with Gasteiger partial charge in [0.1, 0.15) is 6.10 Å². The number of ether oxygens (including phenoxy) is 2. The van der Waals surface area contributed by atoms with Crippen LogP contribution in [0.3, 0.4) is 0 Å². The maximum atomic E-state index is 11.3. The molecule has 0 spiro atoms. The number of pyridine rings is 1. The quantitative estimate of drug-likeness (QED) is 0.894. The standard InChI is InChI=1S/C14H15NO4/c1-9(8-18-2)19-13-7-11(14(16)17)10-5-3-4-6-12(10)15-13/h3-7,9H,8H2,1-2H3,(H,16,17). The topological polar surface area (TPSA) is 68.7 Å². The minimum Gasteiger partial charge on any atom is -0.478 e. The largest absolute Gasteiger partial charge is 0.478 e. The van der Waals surface area contributed by atoms with Gasteiger partial charge in [0.15, 0.2) is 0 Å². The number of hydrogen-bond acceptors (Lipinski definition) is 4. The number of fused-ring (bicyclic) bond motifs is 1. The maximum Gasteiger partial charge on any atom is 0.336 e. The van der Waals surface area contributed by atoms with Crippen LogP contribution in [0.25, 0.3) is 10.9 Å². The third-order valence-corrected chi connectivity index (χ3v) is 2.65. The van der Waals surface area contributed by atoms with Gasteiger partial charge in [-0.25, -0.2) is 9.78 Å². The molecule has 0 bridgehead atoms. The van der Waals surface area contributed by atoms with Gasteiger partial charge in [-0.15, -0.1) is 0 Å². The lowest BCUT2D eigenvalue weighted by Crippen LogP contribution is -2.18. The Morgan fingerprint density at radius 1 is 1.42 bits per heavy atom. The summed E-state index contributed by atoms with van der Waals surface area (Å²) in [6.07, 6.45) is -0.194. The second-order valence-electron chi connectivity index (χ2n) is 4.21. The third-order valence-electron chi connectivity index (χ3n) is 2.65. The fraction of sp³-hybridized carbons (Fsp3) is 0.286. The summed E-state index contributed by atoms with van der Waals surface area (Å²) in [7, 11) is 1.58. The van der Waals surface area contributed by atoms with E-state index < -0.39 is 5.97 Å². The van der Waals surface area contributed by atoms with Crippen molar-refractivity contribution in [3.8, 4) is 5.88 Å². The number of aromatic nitrogens is 1. The van der Waals surface area contributed by atoms with Crippen LogP contribution in [-0.2, 0) is 4.74 Å². The van der Waals surface area contributed by atoms with Gasteiger partial charge in [-0.2, -0.15) is 0 Å². The molecule has 0 fully saturated rings. The summed E-state index contributed by atoms with van der Waals surface area (Å²) < 4.78 is 10.5. The minimum atomic E-state index is -0.997. The van der Waals surface area contributed by atoms with Crippen LogP contribution in [0.15, 0.2) is 30.3 Å². The lowest BCUT2D eigenvalue weighted by Gasteiger charge is -2.14. The first-order valence-electron chi connectivity index (χ1n) is 5.90. The van der Waals surface area contributed by atoms with Gasteiger partial charge in [0.25, 0.3) is 0 Å². The van der Waals surface area contributed by atoms with Crippen molar-refractivity contribution in [3.63, 3.8) is 0 Å². The number of carboxylic acids is 1. The molecule has 1 aromatic heterocycles. The Labute approximate surface area is 110 Å². The van der Waals surface area contributed by atoms with Crippen molar-refractivity contribution in [2.24, 2.45) is 0 Å². The van der Waals surface area contributed by atoms with E-state index >= 15 is 0 Å². The van der Waals surface area contributed by atoms with E-state index in [0.717, 1.165) is 0 Å². The molecule has 1 atom stereocenters. The molecule has 0 aliphatic heterocycles. The minimum absolute atomic E-state index is 0.185. The summed E-state index contributed by atoms with van der Waals surface area (Å²) in [4.78, 5) is 15.6. The van der Waals surface area contributed by atoms with Crippen LogP contribution in [0.2, 0.25) is 0 Å². The highest BCUT2D eigenvalue weighted by Crippen LogP contribution is 2.22. The Kier molecular flexibility index (Phi) is 3.97. The number of aromatic carboxylic acids is 1. The first-order chi connectivity index (χ1) is 9.11. The second-order valence-corrected chi connectivity index (χ2v) is 4.21. The van der Waals surface area contributed by atoms with Gasteiger partial charge in [0.05, 0.1) is 17.7 Å². The normalized spacial score (nSPS) is 12.3. The monoisotopic (exact) mass is 261 g/mol. The second kappa shape index (κ2) is 5.67. The molecule has 5 heteroatoms. The average Bonchev–Trinajstić information content (AvgIpc) is 2.37. The smallest absolute Gasteiger partial charge is 0.336 e. The van der Waals surface area contributed by atoms with E-state index in [2.05, 4.69) is 4.98 Å². The van der Waals surface area contributed by atoms with E-state index in [4.69, 9.17) is 9.47 Å². The van der Waals surface area contributed by atoms with Crippen LogP contribution >= 0.6 is 0 Å². The molecule has 5 nitrogen and oxygen atoms in total. The van der Waals surface area contributed by atoms with Crippen LogP contribution in [0.5, 0.6) is 5.88 Å². The van der Waals surface area contributed by atoms with Crippen molar-refractivity contribution in [2.45, 2.75) is 13.0 Å². The fourth-order valence-electron chi connectivity index (χ4n) is 1.86. The number of hydrogen-bond donors (Lipinski definition) is 1. The summed E-state index contributed by atoms with van der Waals surface area (Å²) in [6.45, 7) is 2.25. The van der Waals surface area contributed by atoms with E-state index in [0.29, 0.717) is 23.4 Å². The average molecular weight is 261 g/mol. The SMILES string of the molecule is COCC(C)Oc1cc(C(=O)O)c2ccccc2n1. The summed E-state index contributed by atoms with van der Waals surface area (Å²) in [6, 6.07) is 8.52. The molecule has 0 aliphatic rings. The van der Waals surface area contributed by atoms with Crippen molar-refractivity contribution in [3.05, 3.63) is 35.9 Å². The number of nitrogens with zero attached hydrogens (tertiary/aromatic N) is 1. The Bertz CT molecular complexity index is 597. The molecule has 1 N–H and O–H groups in total. The zero-order valence-electron chi connectivity index (χ0n) is 10.8. The molecule has 1 unspecified atom stereocenters. The van der Waals surface area contributed by atoms with Crippen molar-refractivity contribution >= 4 is 16.9 Å². The highest BCUT2D eigenvalue weighted by molar-refractivity contribution is 6.02. The number of carboxylic acid groups (broad SMARTS) is 1. The number of rotatable bonds is 5. The Balaban J connectivity index is 2.43. The molecule has 0 amide bonds. The Morgan fingerprint density at radius 3 is 2.84 bits per heavy atom. The molecule has 2 rings (SSSR count). The van der Waals surface area contributed by atoms with E-state index in [1.165, 1.54) is 6.07 Å². The van der Waals surface area contributed by atoms with Crippen molar-refractivity contribution in [1.82, 2.24) is 4.98 Å². The summed E-state index contributed by atoms with van der Waals surface area (Å²) in [5.74, 6) is -0.705. The maximum absolute atomic E-state index is 11.3. The lowest BCUT2D eigenvalue weighted by molar-refractivity contribution is 0.0695. The highest BCUT2D eigenvalue weighted by Gasteiger charge is 2.13. The molecule has 19 heavy (non-hydrogen) atoms. The first kappa shape index (κ1) is 13.3. The van der Waals surface area contributed by atoms with Crippen LogP contribution < -0.4 is 4.74 Å². The number of benzene rings is 1. The predicted molar refractivity (Wildman–Crippen MR) is 70.7 cm³/mol. The Morgan fingerprint density at radius 2 is 2.16 bits per heavy atom. The van der Waals surface area contributed by atoms with Crippen molar-refractivity contribution in [2.75, 3.05) is 13.7 Å². The van der Waals surface area contributed by atoms with E-state index in [-0.39, 0.29) is 11.7 Å². The molecule has 2 aromatic rings. The molecule has 100 valence electrons. The van der Waals surface area contributed by atoms with Gasteiger partial charge in [-0.05, 0) is 13.0 Å². The molecule has 0 aliphatic carbocycles. The van der Waals surface area contributed by atoms with Gasteiger partial charge >= 0.3 is 5.97 Å². The van der Waals surface area contributed by atoms with Gasteiger partial charge in [0.2, 0.25) is 5.88 Å². The van der Waals surface area contributed by atoms with Crippen LogP contribution in [0.4, 0.5) is 0 Å². The van der Waals surface area contributed by atoms with Gasteiger partial charge in [0, 0.05) is 18.6 Å². The van der Waals surface area contributed by atoms with E-state index in [1.807, 2.05) is 13.0 Å². The van der Waals surface area contributed by atoms with Gasteiger partial charge in [-0.1, -0.05) is 18.2 Å². The fourth-order valence-corrected chi connectivity index (χ4v) is 1.86. The van der Waals surface area contributed by atoms with Crippen molar-refractivity contribution in [1.29, 1.82) is 0 Å². The molecular formula is C14H15NO4.